The minimum Gasteiger partial charge on any atom is -0.335 e. The molecule has 0 unspecified atom stereocenters. The molecule has 0 N–H and O–H groups in total. The Balaban J connectivity index is 1.68. The third-order valence-corrected chi connectivity index (χ3v) is 4.96. The zero-order chi connectivity index (χ0) is 18.0. The molecule has 25 heavy (non-hydrogen) atoms. The molecular formula is C18H15Cl2FN2O2. The van der Waals surface area contributed by atoms with E-state index >= 15 is 0 Å². The quantitative estimate of drug-likeness (QED) is 0.796. The second-order valence-corrected chi connectivity index (χ2v) is 6.45. The van der Waals surface area contributed by atoms with E-state index in [0.29, 0.717) is 36.8 Å². The number of carbonyl (C=O) groups is 2. The molecule has 0 spiro atoms. The van der Waals surface area contributed by atoms with Crippen molar-refractivity contribution in [1.82, 2.24) is 9.80 Å². The molecule has 2 aromatic carbocycles. The van der Waals surface area contributed by atoms with E-state index in [1.54, 1.807) is 34.1 Å². The van der Waals surface area contributed by atoms with Crippen LogP contribution in [0.25, 0.3) is 0 Å². The Kier molecular flexibility index (Phi) is 5.25. The van der Waals surface area contributed by atoms with Gasteiger partial charge in [0.2, 0.25) is 0 Å². The molecule has 3 rings (SSSR count). The predicted molar refractivity (Wildman–Crippen MR) is 94.7 cm³/mol. The molecule has 2 aromatic rings. The van der Waals surface area contributed by atoms with Crippen molar-refractivity contribution < 1.29 is 14.0 Å². The minimum absolute atomic E-state index is 0.0418. The molecule has 4 nitrogen and oxygen atoms in total. The van der Waals surface area contributed by atoms with Crippen molar-refractivity contribution in [2.75, 3.05) is 26.2 Å². The lowest BCUT2D eigenvalue weighted by Gasteiger charge is -2.35. The molecule has 130 valence electrons. The van der Waals surface area contributed by atoms with Gasteiger partial charge in [0.15, 0.2) is 0 Å². The van der Waals surface area contributed by atoms with Gasteiger partial charge in [0, 0.05) is 26.2 Å². The van der Waals surface area contributed by atoms with E-state index in [0.717, 1.165) is 0 Å². The summed E-state index contributed by atoms with van der Waals surface area (Å²) in [5.41, 5.74) is 0.378. The van der Waals surface area contributed by atoms with Crippen molar-refractivity contribution in [2.45, 2.75) is 0 Å². The fourth-order valence-electron chi connectivity index (χ4n) is 2.76. The van der Waals surface area contributed by atoms with Crippen molar-refractivity contribution in [1.29, 1.82) is 0 Å². The lowest BCUT2D eigenvalue weighted by atomic mass is 10.1. The Labute approximate surface area is 154 Å². The maximum Gasteiger partial charge on any atom is 0.256 e. The van der Waals surface area contributed by atoms with Crippen LogP contribution in [0.5, 0.6) is 0 Å². The molecular weight excluding hydrogens is 366 g/mol. The van der Waals surface area contributed by atoms with E-state index in [4.69, 9.17) is 23.2 Å². The molecule has 7 heteroatoms. The van der Waals surface area contributed by atoms with Crippen molar-refractivity contribution in [3.05, 3.63) is 69.5 Å². The van der Waals surface area contributed by atoms with Crippen molar-refractivity contribution >= 4 is 35.0 Å². The molecule has 0 atom stereocenters. The molecule has 0 radical (unpaired) electrons. The molecule has 1 aliphatic heterocycles. The van der Waals surface area contributed by atoms with Gasteiger partial charge in [-0.1, -0.05) is 41.4 Å². The third kappa shape index (κ3) is 3.62. The minimum atomic E-state index is -0.545. The number of hydrogen-bond acceptors (Lipinski definition) is 2. The van der Waals surface area contributed by atoms with Crippen LogP contribution in [0.3, 0.4) is 0 Å². The second-order valence-electron chi connectivity index (χ2n) is 5.67. The summed E-state index contributed by atoms with van der Waals surface area (Å²) in [6.07, 6.45) is 0. The van der Waals surface area contributed by atoms with Gasteiger partial charge in [0.1, 0.15) is 5.82 Å². The van der Waals surface area contributed by atoms with E-state index in [2.05, 4.69) is 0 Å². The molecule has 1 fully saturated rings. The predicted octanol–water partition coefficient (Wildman–Crippen LogP) is 3.73. The molecule has 0 saturated carbocycles. The number of amides is 2. The van der Waals surface area contributed by atoms with Crippen LogP contribution in [0.4, 0.5) is 4.39 Å². The fourth-order valence-corrected chi connectivity index (χ4v) is 3.14. The number of halogens is 3. The van der Waals surface area contributed by atoms with Crippen LogP contribution in [0, 0.1) is 5.82 Å². The Hall–Kier alpha value is -2.11. The normalized spacial score (nSPS) is 14.5. The topological polar surface area (TPSA) is 40.6 Å². The zero-order valence-corrected chi connectivity index (χ0v) is 14.7. The van der Waals surface area contributed by atoms with Gasteiger partial charge in [-0.2, -0.15) is 0 Å². The fraction of sp³-hybridized carbons (Fsp3) is 0.222. The molecule has 2 amide bonds. The molecule has 1 aliphatic rings. The van der Waals surface area contributed by atoms with Gasteiger partial charge >= 0.3 is 0 Å². The van der Waals surface area contributed by atoms with Crippen LogP contribution < -0.4 is 0 Å². The van der Waals surface area contributed by atoms with Crippen molar-refractivity contribution in [3.8, 4) is 0 Å². The number of nitrogens with zero attached hydrogens (tertiary/aromatic N) is 2. The van der Waals surface area contributed by atoms with E-state index in [1.165, 1.54) is 18.2 Å². The summed E-state index contributed by atoms with van der Waals surface area (Å²) < 4.78 is 13.8. The second kappa shape index (κ2) is 7.42. The van der Waals surface area contributed by atoms with Gasteiger partial charge in [-0.25, -0.2) is 4.39 Å². The standard InChI is InChI=1S/C18H15Cl2FN2O2/c19-14-6-3-5-13(16(14)20)18(25)23-10-8-22(9-11-23)17(24)12-4-1-2-7-15(12)21/h1-7H,8-11H2. The van der Waals surface area contributed by atoms with Crippen LogP contribution in [-0.2, 0) is 0 Å². The molecule has 1 heterocycles. The van der Waals surface area contributed by atoms with Gasteiger partial charge in [-0.3, -0.25) is 9.59 Å². The van der Waals surface area contributed by atoms with Gasteiger partial charge in [-0.15, -0.1) is 0 Å². The van der Waals surface area contributed by atoms with Gasteiger partial charge in [0.05, 0.1) is 21.2 Å². The highest BCUT2D eigenvalue weighted by Gasteiger charge is 2.27. The first kappa shape index (κ1) is 17.7. The Morgan fingerprint density at radius 1 is 0.800 bits per heavy atom. The monoisotopic (exact) mass is 380 g/mol. The highest BCUT2D eigenvalue weighted by atomic mass is 35.5. The first-order valence-electron chi connectivity index (χ1n) is 7.76. The summed E-state index contributed by atoms with van der Waals surface area (Å²) in [5.74, 6) is -1.15. The smallest absolute Gasteiger partial charge is 0.256 e. The van der Waals surface area contributed by atoms with Crippen molar-refractivity contribution in [2.24, 2.45) is 0 Å². The van der Waals surface area contributed by atoms with Crippen LogP contribution >= 0.6 is 23.2 Å². The average Bonchev–Trinajstić information content (AvgIpc) is 2.63. The first-order chi connectivity index (χ1) is 12.0. The molecule has 1 saturated heterocycles. The lowest BCUT2D eigenvalue weighted by Crippen LogP contribution is -2.50. The summed E-state index contributed by atoms with van der Waals surface area (Å²) in [4.78, 5) is 28.2. The molecule has 0 aliphatic carbocycles. The summed E-state index contributed by atoms with van der Waals surface area (Å²) in [7, 11) is 0. The molecule has 0 aromatic heterocycles. The van der Waals surface area contributed by atoms with Crippen LogP contribution in [0.1, 0.15) is 20.7 Å². The summed E-state index contributed by atoms with van der Waals surface area (Å²) in [5, 5.41) is 0.542. The number of rotatable bonds is 2. The SMILES string of the molecule is O=C(c1ccccc1F)N1CCN(C(=O)c2cccc(Cl)c2Cl)CC1. The average molecular weight is 381 g/mol. The van der Waals surface area contributed by atoms with E-state index < -0.39 is 5.82 Å². The number of piperazine rings is 1. The van der Waals surface area contributed by atoms with E-state index in [1.807, 2.05) is 0 Å². The van der Waals surface area contributed by atoms with E-state index in [9.17, 15) is 14.0 Å². The van der Waals surface area contributed by atoms with Gasteiger partial charge < -0.3 is 9.80 Å². The Morgan fingerprint density at radius 2 is 1.32 bits per heavy atom. The zero-order valence-electron chi connectivity index (χ0n) is 13.2. The maximum atomic E-state index is 13.8. The Bertz CT molecular complexity index is 820. The number of benzene rings is 2. The summed E-state index contributed by atoms with van der Waals surface area (Å²) in [6, 6.07) is 10.8. The van der Waals surface area contributed by atoms with Crippen LogP contribution in [0.2, 0.25) is 10.0 Å². The van der Waals surface area contributed by atoms with Gasteiger partial charge in [0.25, 0.3) is 11.8 Å². The van der Waals surface area contributed by atoms with Gasteiger partial charge in [-0.05, 0) is 24.3 Å². The van der Waals surface area contributed by atoms with E-state index in [-0.39, 0.29) is 22.4 Å². The van der Waals surface area contributed by atoms with Crippen LogP contribution in [-0.4, -0.2) is 47.8 Å². The van der Waals surface area contributed by atoms with Crippen LogP contribution in [0.15, 0.2) is 42.5 Å². The molecule has 0 bridgehead atoms. The third-order valence-electron chi connectivity index (χ3n) is 4.14. The number of carbonyl (C=O) groups excluding carboxylic acids is 2. The first-order valence-corrected chi connectivity index (χ1v) is 8.51. The van der Waals surface area contributed by atoms with Crippen molar-refractivity contribution in [3.63, 3.8) is 0 Å². The summed E-state index contributed by atoms with van der Waals surface area (Å²) >= 11 is 12.1. The maximum absolute atomic E-state index is 13.8. The number of hydrogen-bond donors (Lipinski definition) is 0. The highest BCUT2D eigenvalue weighted by Crippen LogP contribution is 2.27. The Morgan fingerprint density at radius 3 is 1.92 bits per heavy atom. The summed E-state index contributed by atoms with van der Waals surface area (Å²) in [6.45, 7) is 1.36. The largest absolute Gasteiger partial charge is 0.335 e. The lowest BCUT2D eigenvalue weighted by molar-refractivity contribution is 0.0533. The highest BCUT2D eigenvalue weighted by molar-refractivity contribution is 6.43.